The predicted molar refractivity (Wildman–Crippen MR) is 182 cm³/mol. The number of allylic oxidation sites excluding steroid dienone is 1. The Morgan fingerprint density at radius 2 is 1.81 bits per heavy atom. The van der Waals surface area contributed by atoms with E-state index in [1.807, 2.05) is 45.9 Å². The Morgan fingerprint density at radius 3 is 2.47 bits per heavy atom. The van der Waals surface area contributed by atoms with Crippen LogP contribution in [0.1, 0.15) is 83.3 Å². The fraction of sp³-hybridized carbons (Fsp3) is 0.405. The molecule has 0 aromatic carbocycles. The first-order valence-electron chi connectivity index (χ1n) is 16.3. The van der Waals surface area contributed by atoms with Crippen molar-refractivity contribution >= 4 is 47.9 Å². The highest BCUT2D eigenvalue weighted by molar-refractivity contribution is 6.19. The smallest absolute Gasteiger partial charge is 0.320 e. The topological polar surface area (TPSA) is 152 Å². The summed E-state index contributed by atoms with van der Waals surface area (Å²) in [6.07, 6.45) is 9.71. The van der Waals surface area contributed by atoms with Gasteiger partial charge < -0.3 is 40.0 Å². The predicted octanol–water partition coefficient (Wildman–Crippen LogP) is 2.30. The van der Waals surface area contributed by atoms with Crippen molar-refractivity contribution in [2.75, 3.05) is 13.7 Å². The zero-order valence-corrected chi connectivity index (χ0v) is 27.8. The van der Waals surface area contributed by atoms with Gasteiger partial charge in [-0.1, -0.05) is 26.5 Å². The number of aliphatic hydroxyl groups is 2. The number of fused-ring (bicyclic) bond motifs is 8. The standard InChI is InChI=1S/C37H44N4O6/c1-8-20-17(4)24-13-25-18(5)22(11-12-30(43)47-10-3)34(40-25)32-33(37(45)46-7)36(44)31-19(6)26(41-35(31)32)14-28-21(9-2)23(16-42)29(39-28)15-27(20)38-24/h8,13-16,18,22,30,33-34,38-43H,1,9-12H2,2-7H3/b23-16-,25-13-,26-14-,29-15-/t18-,22-,30?,33+,34?/m0/s1. The minimum absolute atomic E-state index is 0.0212. The number of H-pyrrole nitrogens is 3. The molecule has 0 amide bonds. The minimum Gasteiger partial charge on any atom is -0.515 e. The number of ether oxygens (including phenoxy) is 2. The third kappa shape index (κ3) is 5.20. The van der Waals surface area contributed by atoms with E-state index in [1.165, 1.54) is 7.11 Å². The van der Waals surface area contributed by atoms with Gasteiger partial charge in [-0.15, -0.1) is 0 Å². The van der Waals surface area contributed by atoms with Gasteiger partial charge in [-0.3, -0.25) is 9.59 Å². The van der Waals surface area contributed by atoms with Crippen molar-refractivity contribution in [1.29, 1.82) is 0 Å². The second-order valence-corrected chi connectivity index (χ2v) is 12.7. The number of carbonyl (C=O) groups excluding carboxylic acids is 2. The molecule has 3 aliphatic rings. The fourth-order valence-electron chi connectivity index (χ4n) is 7.82. The molecule has 10 nitrogen and oxygen atoms in total. The summed E-state index contributed by atoms with van der Waals surface area (Å²) in [5, 5.41) is 27.4. The van der Waals surface area contributed by atoms with Crippen molar-refractivity contribution in [1.82, 2.24) is 20.3 Å². The molecule has 8 bridgehead atoms. The lowest BCUT2D eigenvalue weighted by molar-refractivity contribution is -0.142. The molecule has 6 N–H and O–H groups in total. The van der Waals surface area contributed by atoms with Crippen LogP contribution in [0.2, 0.25) is 0 Å². The molecule has 5 atom stereocenters. The molecule has 6 rings (SSSR count). The molecule has 47 heavy (non-hydrogen) atoms. The van der Waals surface area contributed by atoms with Gasteiger partial charge in [0, 0.05) is 57.0 Å². The number of aromatic nitrogens is 3. The monoisotopic (exact) mass is 640 g/mol. The van der Waals surface area contributed by atoms with Gasteiger partial charge in [0.15, 0.2) is 12.1 Å². The number of aromatic amines is 3. The van der Waals surface area contributed by atoms with Crippen LogP contribution in [-0.4, -0.2) is 63.0 Å². The zero-order valence-electron chi connectivity index (χ0n) is 27.8. The van der Waals surface area contributed by atoms with E-state index in [9.17, 15) is 19.8 Å². The van der Waals surface area contributed by atoms with Gasteiger partial charge in [0.2, 0.25) is 0 Å². The van der Waals surface area contributed by atoms with Crippen LogP contribution in [0.25, 0.3) is 36.1 Å². The maximum absolute atomic E-state index is 14.2. The first kappa shape index (κ1) is 32.4. The van der Waals surface area contributed by atoms with Crippen LogP contribution in [0, 0.1) is 31.6 Å². The maximum Gasteiger partial charge on any atom is 0.320 e. The molecule has 10 heteroatoms. The first-order valence-corrected chi connectivity index (χ1v) is 16.3. The SMILES string of the molecule is C=Cc1c2[nH]c(c1C)/C=C1\NC(C3=c4[nH]/c(c(C)c4C(=O)[C@@H]3C(=O)OC)=C\c3[nH]c(/c(=C\O)c3CC)=C\2)[C@@H](CCC(O)OCC)[C@@H]1C. The number of aliphatic hydroxyl groups excluding tert-OH is 2. The molecule has 1 aliphatic carbocycles. The Kier molecular flexibility index (Phi) is 8.67. The third-order valence-corrected chi connectivity index (χ3v) is 10.3. The summed E-state index contributed by atoms with van der Waals surface area (Å²) >= 11 is 0. The van der Waals surface area contributed by atoms with Crippen LogP contribution in [0.5, 0.6) is 0 Å². The van der Waals surface area contributed by atoms with Gasteiger partial charge in [-0.2, -0.15) is 0 Å². The molecule has 2 aliphatic heterocycles. The van der Waals surface area contributed by atoms with Crippen molar-refractivity contribution in [3.8, 4) is 0 Å². The number of esters is 1. The molecule has 5 heterocycles. The van der Waals surface area contributed by atoms with Crippen molar-refractivity contribution in [2.24, 2.45) is 17.8 Å². The number of nitrogens with one attached hydrogen (secondary N) is 4. The number of hydrogen-bond donors (Lipinski definition) is 6. The highest BCUT2D eigenvalue weighted by Crippen LogP contribution is 2.42. The highest BCUT2D eigenvalue weighted by Gasteiger charge is 2.49. The van der Waals surface area contributed by atoms with Crippen LogP contribution in [-0.2, 0) is 20.7 Å². The third-order valence-electron chi connectivity index (χ3n) is 10.3. The minimum atomic E-state index is -1.10. The normalized spacial score (nSPS) is 25.0. The van der Waals surface area contributed by atoms with Crippen molar-refractivity contribution in [3.05, 3.63) is 78.4 Å². The van der Waals surface area contributed by atoms with Crippen LogP contribution in [0.3, 0.4) is 0 Å². The average Bonchev–Trinajstić information content (AvgIpc) is 3.80. The largest absolute Gasteiger partial charge is 0.515 e. The Labute approximate surface area is 273 Å². The fourth-order valence-corrected chi connectivity index (χ4v) is 7.82. The van der Waals surface area contributed by atoms with Gasteiger partial charge in [0.1, 0.15) is 5.92 Å². The molecule has 3 aromatic heterocycles. The molecular formula is C37H44N4O6. The summed E-state index contributed by atoms with van der Waals surface area (Å²) in [5.74, 6) is -2.10. The van der Waals surface area contributed by atoms with E-state index in [4.69, 9.17) is 9.47 Å². The second kappa shape index (κ2) is 12.6. The summed E-state index contributed by atoms with van der Waals surface area (Å²) in [5.41, 5.74) is 8.22. The average molecular weight is 641 g/mol. The quantitative estimate of drug-likeness (QED) is 0.126. The van der Waals surface area contributed by atoms with Crippen LogP contribution >= 0.6 is 0 Å². The Balaban J connectivity index is 1.70. The van der Waals surface area contributed by atoms with Gasteiger partial charge in [-0.05, 0) is 86.4 Å². The lowest BCUT2D eigenvalue weighted by Crippen LogP contribution is -2.38. The number of ketones is 1. The molecule has 0 radical (unpaired) electrons. The number of carbonyl (C=O) groups is 2. The van der Waals surface area contributed by atoms with Crippen LogP contribution in [0.15, 0.2) is 12.3 Å². The van der Waals surface area contributed by atoms with Crippen LogP contribution < -0.4 is 26.6 Å². The van der Waals surface area contributed by atoms with E-state index >= 15 is 0 Å². The number of methoxy groups -OCH3 is 1. The molecule has 0 saturated carbocycles. The molecular weight excluding hydrogens is 596 g/mol. The van der Waals surface area contributed by atoms with E-state index in [0.717, 1.165) is 62.0 Å². The Morgan fingerprint density at radius 1 is 1.06 bits per heavy atom. The van der Waals surface area contributed by atoms with Gasteiger partial charge >= 0.3 is 5.97 Å². The van der Waals surface area contributed by atoms with E-state index in [2.05, 4.69) is 39.8 Å². The van der Waals surface area contributed by atoms with Gasteiger partial charge in [0.25, 0.3) is 0 Å². The van der Waals surface area contributed by atoms with E-state index in [-0.39, 0.29) is 17.6 Å². The number of Topliss-reactive ketones (excluding diaryl/α,β-unsaturated/α-hetero) is 1. The van der Waals surface area contributed by atoms with E-state index in [1.54, 1.807) is 0 Å². The number of hydrogen-bond acceptors (Lipinski definition) is 7. The van der Waals surface area contributed by atoms with E-state index < -0.39 is 24.2 Å². The summed E-state index contributed by atoms with van der Waals surface area (Å²) in [6.45, 7) is 14.4. The lowest BCUT2D eigenvalue weighted by atomic mass is 9.80. The summed E-state index contributed by atoms with van der Waals surface area (Å²) in [4.78, 5) is 38.1. The Bertz CT molecular complexity index is 2060. The summed E-state index contributed by atoms with van der Waals surface area (Å²) in [7, 11) is 1.31. The lowest BCUT2D eigenvalue weighted by Gasteiger charge is -2.26. The van der Waals surface area contributed by atoms with Gasteiger partial charge in [0.05, 0.1) is 30.1 Å². The highest BCUT2D eigenvalue weighted by atomic mass is 16.6. The Hall–Kier alpha value is -4.54. The van der Waals surface area contributed by atoms with Crippen LogP contribution in [0.4, 0.5) is 0 Å². The van der Waals surface area contributed by atoms with Gasteiger partial charge in [-0.25, -0.2) is 0 Å². The summed E-state index contributed by atoms with van der Waals surface area (Å²) < 4.78 is 10.7. The molecule has 1 saturated heterocycles. The van der Waals surface area contributed by atoms with Crippen molar-refractivity contribution in [3.63, 3.8) is 0 Å². The molecule has 248 valence electrons. The maximum atomic E-state index is 14.2. The molecule has 0 spiro atoms. The number of rotatable bonds is 8. The zero-order chi connectivity index (χ0) is 33.7. The second-order valence-electron chi connectivity index (χ2n) is 12.7. The van der Waals surface area contributed by atoms with E-state index in [0.29, 0.717) is 47.6 Å². The van der Waals surface area contributed by atoms with Crippen molar-refractivity contribution < 1.29 is 29.3 Å². The molecule has 3 aromatic rings. The molecule has 1 fully saturated rings. The van der Waals surface area contributed by atoms with Crippen molar-refractivity contribution in [2.45, 2.75) is 66.2 Å². The molecule has 2 unspecified atom stereocenters. The summed E-state index contributed by atoms with van der Waals surface area (Å²) in [6, 6.07) is -0.405. The first-order chi connectivity index (χ1) is 22.6.